The molecule has 14 heavy (non-hydrogen) atoms. The Labute approximate surface area is 88.9 Å². The molecule has 1 atom stereocenters. The van der Waals surface area contributed by atoms with Gasteiger partial charge >= 0.3 is 0 Å². The summed E-state index contributed by atoms with van der Waals surface area (Å²) in [7, 11) is 0. The lowest BCUT2D eigenvalue weighted by Gasteiger charge is -2.23. The van der Waals surface area contributed by atoms with Crippen LogP contribution in [-0.4, -0.2) is 10.7 Å². The van der Waals surface area contributed by atoms with Crippen molar-refractivity contribution < 1.29 is 5.11 Å². The van der Waals surface area contributed by atoms with Crippen molar-refractivity contribution >= 4 is 0 Å². The highest BCUT2D eigenvalue weighted by Crippen LogP contribution is 2.21. The van der Waals surface area contributed by atoms with Gasteiger partial charge in [-0.1, -0.05) is 32.6 Å². The van der Waals surface area contributed by atoms with Gasteiger partial charge < -0.3 is 5.11 Å². The highest BCUT2D eigenvalue weighted by Gasteiger charge is 2.23. The van der Waals surface area contributed by atoms with Crippen LogP contribution in [-0.2, 0) is 0 Å². The molecule has 0 aliphatic carbocycles. The van der Waals surface area contributed by atoms with Gasteiger partial charge in [0.05, 0.1) is 0 Å². The maximum atomic E-state index is 10.2. The second-order valence-corrected chi connectivity index (χ2v) is 5.48. The Balaban J connectivity index is 4.60. The molecular weight excluding hydrogens is 172 g/mol. The minimum absolute atomic E-state index is 0.0276. The van der Waals surface area contributed by atoms with E-state index in [4.69, 9.17) is 0 Å². The summed E-state index contributed by atoms with van der Waals surface area (Å²) in [6.45, 7) is 12.4. The van der Waals surface area contributed by atoms with Crippen LogP contribution in [0.2, 0.25) is 0 Å². The lowest BCUT2D eigenvalue weighted by molar-refractivity contribution is 0.0738. The Morgan fingerprint density at radius 2 is 1.64 bits per heavy atom. The van der Waals surface area contributed by atoms with Crippen molar-refractivity contribution in [3.63, 3.8) is 0 Å². The van der Waals surface area contributed by atoms with E-state index in [-0.39, 0.29) is 5.41 Å². The van der Waals surface area contributed by atoms with E-state index in [1.807, 2.05) is 6.92 Å². The van der Waals surface area contributed by atoms with Crippen LogP contribution in [0.5, 0.6) is 0 Å². The largest absolute Gasteiger partial charge is 0.378 e. The van der Waals surface area contributed by atoms with E-state index in [9.17, 15) is 5.11 Å². The number of rotatable bonds is 3. The van der Waals surface area contributed by atoms with Crippen molar-refractivity contribution in [2.45, 2.75) is 60.0 Å². The Kier molecular flexibility index (Phi) is 4.68. The predicted molar refractivity (Wildman–Crippen MR) is 61.9 cm³/mol. The van der Waals surface area contributed by atoms with Gasteiger partial charge in [-0.25, -0.2) is 0 Å². The van der Waals surface area contributed by atoms with E-state index >= 15 is 0 Å². The zero-order chi connectivity index (χ0) is 11.4. The third-order valence-electron chi connectivity index (χ3n) is 2.00. The summed E-state index contributed by atoms with van der Waals surface area (Å²) in [4.78, 5) is 0. The minimum atomic E-state index is -0.790. The molecule has 0 aromatic rings. The fraction of sp³-hybridized carbons (Fsp3) is 0.846. The molecular formula is C13H24O. The molecule has 0 unspecified atom stereocenters. The number of hydrogen-bond acceptors (Lipinski definition) is 1. The molecule has 0 saturated heterocycles. The molecule has 0 aromatic carbocycles. The lowest BCUT2D eigenvalue weighted by Crippen LogP contribution is -2.28. The van der Waals surface area contributed by atoms with Gasteiger partial charge in [-0.2, -0.15) is 0 Å². The third-order valence-corrected chi connectivity index (χ3v) is 2.00. The Morgan fingerprint density at radius 1 is 1.14 bits per heavy atom. The first-order chi connectivity index (χ1) is 6.18. The van der Waals surface area contributed by atoms with Crippen molar-refractivity contribution in [3.05, 3.63) is 0 Å². The number of aliphatic hydroxyl groups is 1. The van der Waals surface area contributed by atoms with E-state index < -0.39 is 5.60 Å². The molecule has 0 aliphatic heterocycles. The SMILES string of the molecule is CC[C@@](O)(C#CC(C)(C)C)CC(C)C. The van der Waals surface area contributed by atoms with Crippen LogP contribution in [0.15, 0.2) is 0 Å². The smallest absolute Gasteiger partial charge is 0.125 e. The average molecular weight is 196 g/mol. The van der Waals surface area contributed by atoms with Gasteiger partial charge in [0.25, 0.3) is 0 Å². The first-order valence-electron chi connectivity index (χ1n) is 5.45. The molecule has 0 radical (unpaired) electrons. The summed E-state index contributed by atoms with van der Waals surface area (Å²) in [5, 5.41) is 10.2. The van der Waals surface area contributed by atoms with E-state index in [0.717, 1.165) is 6.42 Å². The minimum Gasteiger partial charge on any atom is -0.378 e. The molecule has 0 rings (SSSR count). The molecule has 0 aromatic heterocycles. The molecule has 1 heteroatoms. The molecule has 0 amide bonds. The van der Waals surface area contributed by atoms with Crippen LogP contribution in [0.4, 0.5) is 0 Å². The Morgan fingerprint density at radius 3 is 1.93 bits per heavy atom. The standard InChI is InChI=1S/C13H24O/c1-7-13(14,10-11(2)3)9-8-12(4,5)6/h11,14H,7,10H2,1-6H3/t13-/m1/s1. The molecule has 0 saturated carbocycles. The van der Waals surface area contributed by atoms with Crippen molar-refractivity contribution in [1.82, 2.24) is 0 Å². The van der Waals surface area contributed by atoms with Crippen LogP contribution in [0.25, 0.3) is 0 Å². The van der Waals surface area contributed by atoms with Crippen LogP contribution in [0.1, 0.15) is 54.4 Å². The fourth-order valence-electron chi connectivity index (χ4n) is 1.26. The third kappa shape index (κ3) is 6.05. The van der Waals surface area contributed by atoms with Gasteiger partial charge in [0.2, 0.25) is 0 Å². The van der Waals surface area contributed by atoms with Crippen molar-refractivity contribution in [3.8, 4) is 11.8 Å². The Bertz CT molecular complexity index is 224. The lowest BCUT2D eigenvalue weighted by atomic mass is 9.88. The van der Waals surface area contributed by atoms with Crippen LogP contribution >= 0.6 is 0 Å². The summed E-state index contributed by atoms with van der Waals surface area (Å²) < 4.78 is 0. The van der Waals surface area contributed by atoms with E-state index in [2.05, 4.69) is 46.5 Å². The van der Waals surface area contributed by atoms with Gasteiger partial charge in [0.1, 0.15) is 5.60 Å². The maximum absolute atomic E-state index is 10.2. The first kappa shape index (κ1) is 13.5. The molecule has 0 aliphatic rings. The van der Waals surface area contributed by atoms with Crippen LogP contribution in [0.3, 0.4) is 0 Å². The highest BCUT2D eigenvalue weighted by molar-refractivity contribution is 5.17. The van der Waals surface area contributed by atoms with Crippen molar-refractivity contribution in [2.24, 2.45) is 11.3 Å². The first-order valence-corrected chi connectivity index (χ1v) is 5.45. The van der Waals surface area contributed by atoms with Gasteiger partial charge in [0, 0.05) is 5.41 Å². The van der Waals surface area contributed by atoms with Gasteiger partial charge in [0.15, 0.2) is 0 Å². The van der Waals surface area contributed by atoms with E-state index in [0.29, 0.717) is 12.3 Å². The zero-order valence-electron chi connectivity index (χ0n) is 10.4. The molecule has 1 N–H and O–H groups in total. The van der Waals surface area contributed by atoms with Gasteiger partial charge in [-0.15, -0.1) is 0 Å². The average Bonchev–Trinajstić information content (AvgIpc) is 1.99. The zero-order valence-corrected chi connectivity index (χ0v) is 10.4. The summed E-state index contributed by atoms with van der Waals surface area (Å²) in [6, 6.07) is 0. The van der Waals surface area contributed by atoms with E-state index in [1.54, 1.807) is 0 Å². The second-order valence-electron chi connectivity index (χ2n) is 5.48. The molecule has 0 heterocycles. The fourth-order valence-corrected chi connectivity index (χ4v) is 1.26. The molecule has 0 spiro atoms. The Hall–Kier alpha value is -0.480. The quantitative estimate of drug-likeness (QED) is 0.687. The summed E-state index contributed by atoms with van der Waals surface area (Å²) in [5.41, 5.74) is -0.818. The molecule has 0 bridgehead atoms. The molecule has 1 nitrogen and oxygen atoms in total. The summed E-state index contributed by atoms with van der Waals surface area (Å²) in [5.74, 6) is 6.62. The van der Waals surface area contributed by atoms with E-state index in [1.165, 1.54) is 0 Å². The summed E-state index contributed by atoms with van der Waals surface area (Å²) >= 11 is 0. The van der Waals surface area contributed by atoms with Crippen molar-refractivity contribution in [2.75, 3.05) is 0 Å². The molecule has 0 fully saturated rings. The normalized spacial score (nSPS) is 16.0. The summed E-state index contributed by atoms with van der Waals surface area (Å²) in [6.07, 6.45) is 1.46. The maximum Gasteiger partial charge on any atom is 0.125 e. The van der Waals surface area contributed by atoms with Gasteiger partial charge in [-0.05, 0) is 39.5 Å². The number of hydrogen-bond donors (Lipinski definition) is 1. The monoisotopic (exact) mass is 196 g/mol. The topological polar surface area (TPSA) is 20.2 Å². The van der Waals surface area contributed by atoms with Crippen molar-refractivity contribution in [1.29, 1.82) is 0 Å². The van der Waals surface area contributed by atoms with Crippen LogP contribution < -0.4 is 0 Å². The molecule has 82 valence electrons. The van der Waals surface area contributed by atoms with Crippen LogP contribution in [0, 0.1) is 23.2 Å². The second kappa shape index (κ2) is 4.84. The highest BCUT2D eigenvalue weighted by atomic mass is 16.3. The predicted octanol–water partition coefficient (Wildman–Crippen LogP) is 3.22. The van der Waals surface area contributed by atoms with Gasteiger partial charge in [-0.3, -0.25) is 0 Å².